The van der Waals surface area contributed by atoms with Gasteiger partial charge in [-0.05, 0) is 5.56 Å². The molecule has 6 nitrogen and oxygen atoms in total. The predicted octanol–water partition coefficient (Wildman–Crippen LogP) is 1.73. The average molecular weight is 311 g/mol. The topological polar surface area (TPSA) is 81.7 Å². The first-order valence-corrected chi connectivity index (χ1v) is 7.20. The molecule has 0 aliphatic rings. The summed E-state index contributed by atoms with van der Waals surface area (Å²) in [5, 5.41) is 2.23. The quantitative estimate of drug-likeness (QED) is 0.806. The molecule has 1 amide bonds. The number of amides is 1. The van der Waals surface area contributed by atoms with E-state index in [9.17, 15) is 14.4 Å². The van der Waals surface area contributed by atoms with Gasteiger partial charge in [-0.25, -0.2) is 9.59 Å². The van der Waals surface area contributed by atoms with Crippen molar-refractivity contribution in [3.8, 4) is 0 Å². The summed E-state index contributed by atoms with van der Waals surface area (Å²) in [4.78, 5) is 34.1. The zero-order valence-corrected chi connectivity index (χ0v) is 12.6. The molecule has 1 aromatic rings. The number of carbonyl (C=O) groups excluding carboxylic acids is 3. The van der Waals surface area contributed by atoms with Crippen LogP contribution in [0, 0.1) is 0 Å². The largest absolute Gasteiger partial charge is 0.467 e. The maximum atomic E-state index is 11.7. The van der Waals surface area contributed by atoms with Crippen LogP contribution < -0.4 is 5.32 Å². The van der Waals surface area contributed by atoms with Crippen LogP contribution in [0.3, 0.4) is 0 Å². The summed E-state index contributed by atoms with van der Waals surface area (Å²) in [6.07, 6.45) is -0.738. The maximum absolute atomic E-state index is 11.7. The van der Waals surface area contributed by atoms with Gasteiger partial charge in [-0.3, -0.25) is 4.79 Å². The highest BCUT2D eigenvalue weighted by molar-refractivity contribution is 8.13. The summed E-state index contributed by atoms with van der Waals surface area (Å²) < 4.78 is 9.58. The van der Waals surface area contributed by atoms with Crippen LogP contribution >= 0.6 is 11.8 Å². The zero-order valence-electron chi connectivity index (χ0n) is 11.8. The van der Waals surface area contributed by atoms with Gasteiger partial charge in [0.15, 0.2) is 5.12 Å². The van der Waals surface area contributed by atoms with E-state index in [2.05, 4.69) is 10.1 Å². The van der Waals surface area contributed by atoms with Gasteiger partial charge >= 0.3 is 12.1 Å². The molecular weight excluding hydrogens is 294 g/mol. The lowest BCUT2D eigenvalue weighted by Gasteiger charge is -2.15. The highest BCUT2D eigenvalue weighted by Gasteiger charge is 2.22. The van der Waals surface area contributed by atoms with Crippen molar-refractivity contribution in [3.63, 3.8) is 0 Å². The summed E-state index contributed by atoms with van der Waals surface area (Å²) in [5.41, 5.74) is 0.834. The van der Waals surface area contributed by atoms with Crippen LogP contribution in [0.4, 0.5) is 4.79 Å². The molecule has 0 saturated heterocycles. The van der Waals surface area contributed by atoms with E-state index in [0.29, 0.717) is 0 Å². The molecule has 0 radical (unpaired) electrons. The number of nitrogens with one attached hydrogen (secondary N) is 1. The lowest BCUT2D eigenvalue weighted by molar-refractivity contribution is -0.142. The first kappa shape index (κ1) is 17.0. The second-order valence-corrected chi connectivity index (χ2v) is 5.28. The molecule has 0 aromatic heterocycles. The van der Waals surface area contributed by atoms with Crippen molar-refractivity contribution < 1.29 is 23.9 Å². The second kappa shape index (κ2) is 9.02. The van der Waals surface area contributed by atoms with Crippen LogP contribution in [0.15, 0.2) is 30.3 Å². The number of hydrogen-bond acceptors (Lipinski definition) is 6. The number of ether oxygens (including phenoxy) is 2. The molecule has 0 heterocycles. The normalized spacial score (nSPS) is 11.3. The summed E-state index contributed by atoms with van der Waals surface area (Å²) in [6.45, 7) is 1.48. The van der Waals surface area contributed by atoms with E-state index in [-0.39, 0.29) is 17.5 Å². The van der Waals surface area contributed by atoms with Gasteiger partial charge in [0.05, 0.1) is 7.11 Å². The molecule has 1 unspecified atom stereocenters. The molecule has 1 atom stereocenters. The molecule has 21 heavy (non-hydrogen) atoms. The van der Waals surface area contributed by atoms with Gasteiger partial charge in [-0.2, -0.15) is 0 Å². The molecule has 1 N–H and O–H groups in total. The summed E-state index contributed by atoms with van der Waals surface area (Å²) >= 11 is 0.930. The van der Waals surface area contributed by atoms with E-state index in [4.69, 9.17) is 4.74 Å². The average Bonchev–Trinajstić information content (AvgIpc) is 2.49. The van der Waals surface area contributed by atoms with E-state index in [0.717, 1.165) is 17.3 Å². The van der Waals surface area contributed by atoms with Gasteiger partial charge in [0.2, 0.25) is 0 Å². The molecule has 1 rings (SSSR count). The molecule has 7 heteroatoms. The SMILES string of the molecule is COC(=O)C(CSC(C)=O)NC(=O)OCc1ccccc1. The zero-order chi connectivity index (χ0) is 15.7. The van der Waals surface area contributed by atoms with E-state index >= 15 is 0 Å². The number of hydrogen-bond donors (Lipinski definition) is 1. The Hall–Kier alpha value is -2.02. The van der Waals surface area contributed by atoms with E-state index in [1.54, 1.807) is 0 Å². The lowest BCUT2D eigenvalue weighted by Crippen LogP contribution is -2.43. The van der Waals surface area contributed by atoms with Gasteiger partial charge in [0.1, 0.15) is 12.6 Å². The van der Waals surface area contributed by atoms with Crippen LogP contribution in [-0.2, 0) is 25.7 Å². The molecule has 0 bridgehead atoms. The summed E-state index contributed by atoms with van der Waals surface area (Å²) in [7, 11) is 1.21. The number of carbonyl (C=O) groups is 3. The predicted molar refractivity (Wildman–Crippen MR) is 78.7 cm³/mol. The third-order valence-electron chi connectivity index (χ3n) is 2.44. The Morgan fingerprint density at radius 1 is 1.24 bits per heavy atom. The highest BCUT2D eigenvalue weighted by atomic mass is 32.2. The van der Waals surface area contributed by atoms with Crippen LogP contribution in [-0.4, -0.2) is 36.1 Å². The number of rotatable bonds is 6. The minimum atomic E-state index is -0.924. The van der Waals surface area contributed by atoms with Crippen molar-refractivity contribution in [2.24, 2.45) is 0 Å². The Kier molecular flexibility index (Phi) is 7.31. The highest BCUT2D eigenvalue weighted by Crippen LogP contribution is 2.06. The third kappa shape index (κ3) is 6.80. The molecule has 0 spiro atoms. The fourth-order valence-electron chi connectivity index (χ4n) is 1.42. The van der Waals surface area contributed by atoms with Crippen molar-refractivity contribution in [2.75, 3.05) is 12.9 Å². The Bertz CT molecular complexity index is 491. The first-order valence-electron chi connectivity index (χ1n) is 6.21. The van der Waals surface area contributed by atoms with E-state index in [1.807, 2.05) is 30.3 Å². The molecule has 114 valence electrons. The standard InChI is InChI=1S/C14H17NO5S/c1-10(16)21-9-12(13(17)19-2)15-14(18)20-8-11-6-4-3-5-7-11/h3-7,12H,8-9H2,1-2H3,(H,15,18). The number of esters is 1. The minimum absolute atomic E-state index is 0.0976. The van der Waals surface area contributed by atoms with Crippen molar-refractivity contribution >= 4 is 28.9 Å². The number of methoxy groups -OCH3 is 1. The third-order valence-corrected chi connectivity index (χ3v) is 3.35. The van der Waals surface area contributed by atoms with Gasteiger partial charge in [-0.1, -0.05) is 42.1 Å². The number of thioether (sulfide) groups is 1. The van der Waals surface area contributed by atoms with Gasteiger partial charge < -0.3 is 14.8 Å². The fraction of sp³-hybridized carbons (Fsp3) is 0.357. The van der Waals surface area contributed by atoms with Gasteiger partial charge in [-0.15, -0.1) is 0 Å². The molecule has 0 saturated carbocycles. The van der Waals surface area contributed by atoms with E-state index in [1.165, 1.54) is 14.0 Å². The Balaban J connectivity index is 2.47. The fourth-order valence-corrected chi connectivity index (χ4v) is 2.04. The molecule has 1 aromatic carbocycles. The van der Waals surface area contributed by atoms with Crippen molar-refractivity contribution in [1.29, 1.82) is 0 Å². The Morgan fingerprint density at radius 2 is 1.90 bits per heavy atom. The minimum Gasteiger partial charge on any atom is -0.467 e. The molecule has 0 fully saturated rings. The summed E-state index contributed by atoms with van der Waals surface area (Å²) in [6, 6.07) is 8.23. The molecule has 0 aliphatic carbocycles. The Labute approximate surface area is 127 Å². The lowest BCUT2D eigenvalue weighted by atomic mass is 10.2. The molecular formula is C14H17NO5S. The van der Waals surface area contributed by atoms with Gasteiger partial charge in [0.25, 0.3) is 0 Å². The van der Waals surface area contributed by atoms with Crippen LogP contribution in [0.25, 0.3) is 0 Å². The van der Waals surface area contributed by atoms with Crippen LogP contribution in [0.5, 0.6) is 0 Å². The van der Waals surface area contributed by atoms with Gasteiger partial charge in [0, 0.05) is 12.7 Å². The smallest absolute Gasteiger partial charge is 0.408 e. The van der Waals surface area contributed by atoms with Crippen molar-refractivity contribution in [1.82, 2.24) is 5.32 Å². The van der Waals surface area contributed by atoms with Crippen molar-refractivity contribution in [3.05, 3.63) is 35.9 Å². The number of alkyl carbamates (subject to hydrolysis) is 1. The molecule has 0 aliphatic heterocycles. The van der Waals surface area contributed by atoms with E-state index < -0.39 is 18.1 Å². The van der Waals surface area contributed by atoms with Crippen molar-refractivity contribution in [2.45, 2.75) is 19.6 Å². The Morgan fingerprint density at radius 3 is 2.48 bits per heavy atom. The first-order chi connectivity index (χ1) is 10.0. The summed E-state index contributed by atoms with van der Waals surface area (Å²) in [5.74, 6) is -0.525. The monoisotopic (exact) mass is 311 g/mol. The van der Waals surface area contributed by atoms with Crippen LogP contribution in [0.1, 0.15) is 12.5 Å². The maximum Gasteiger partial charge on any atom is 0.408 e. The number of benzene rings is 1. The van der Waals surface area contributed by atoms with Crippen LogP contribution in [0.2, 0.25) is 0 Å². The second-order valence-electron chi connectivity index (χ2n) is 4.08.